The number of ether oxygens (including phenoxy) is 1. The van der Waals surface area contributed by atoms with Gasteiger partial charge in [-0.1, -0.05) is 23.2 Å². The van der Waals surface area contributed by atoms with Crippen molar-refractivity contribution in [3.63, 3.8) is 0 Å². The number of halogens is 2. The molecule has 0 radical (unpaired) electrons. The van der Waals surface area contributed by atoms with Crippen molar-refractivity contribution in [2.45, 2.75) is 11.7 Å². The average Bonchev–Trinajstić information content (AvgIpc) is 2.85. The molecule has 132 valence electrons. The zero-order valence-corrected chi connectivity index (χ0v) is 15.5. The van der Waals surface area contributed by atoms with E-state index in [2.05, 4.69) is 10.3 Å². The third-order valence-corrected chi connectivity index (χ3v) is 6.81. The van der Waals surface area contributed by atoms with Crippen LogP contribution in [0.15, 0.2) is 12.3 Å². The maximum absolute atomic E-state index is 11.7. The Kier molecular flexibility index (Phi) is 6.73. The lowest BCUT2D eigenvalue weighted by Gasteiger charge is -2.09. The number of hydrogen-bond donors (Lipinski definition) is 1. The van der Waals surface area contributed by atoms with E-state index in [1.807, 2.05) is 0 Å². The molecular formula is C13H14Cl2N2O5S2. The predicted molar refractivity (Wildman–Crippen MR) is 93.4 cm³/mol. The molecule has 1 aliphatic rings. The van der Waals surface area contributed by atoms with E-state index < -0.39 is 28.3 Å². The molecule has 0 saturated carbocycles. The zero-order valence-electron chi connectivity index (χ0n) is 12.3. The Bertz CT molecular complexity index is 742. The average molecular weight is 413 g/mol. The molecular weight excluding hydrogens is 399 g/mol. The third kappa shape index (κ3) is 6.12. The van der Waals surface area contributed by atoms with Crippen molar-refractivity contribution < 1.29 is 22.7 Å². The Hall–Kier alpha value is -1.03. The van der Waals surface area contributed by atoms with Crippen LogP contribution in [0.25, 0.3) is 0 Å². The number of rotatable bonds is 6. The molecule has 0 bridgehead atoms. The maximum atomic E-state index is 11.7. The molecule has 1 saturated heterocycles. The Morgan fingerprint density at radius 3 is 2.79 bits per heavy atom. The van der Waals surface area contributed by atoms with Gasteiger partial charge in [0.05, 0.1) is 27.3 Å². The van der Waals surface area contributed by atoms with Crippen LogP contribution >= 0.6 is 35.0 Å². The highest BCUT2D eigenvalue weighted by molar-refractivity contribution is 8.02. The normalized spacial score (nSPS) is 19.0. The minimum atomic E-state index is -2.98. The topological polar surface area (TPSA) is 102 Å². The van der Waals surface area contributed by atoms with E-state index in [9.17, 15) is 18.0 Å². The van der Waals surface area contributed by atoms with Gasteiger partial charge in [0.15, 0.2) is 22.3 Å². The molecule has 2 heterocycles. The molecule has 0 spiro atoms. The van der Waals surface area contributed by atoms with E-state index in [-0.39, 0.29) is 33.3 Å². The first-order valence-electron chi connectivity index (χ1n) is 6.84. The first-order valence-corrected chi connectivity index (χ1v) is 10.5. The van der Waals surface area contributed by atoms with Gasteiger partial charge in [0, 0.05) is 11.4 Å². The summed E-state index contributed by atoms with van der Waals surface area (Å²) in [5.74, 6) is -0.841. The number of anilines is 1. The van der Waals surface area contributed by atoms with Crippen molar-refractivity contribution in [3.8, 4) is 0 Å². The standard InChI is InChI=1S/C13H14Cl2N2O5S2/c14-8-3-10(15)13(16-4-8)17-11(18)5-22-12(19)6-23-9-1-2-24(20,21)7-9/h3-4,9H,1-2,5-7H2,(H,16,17,18)/t9-/m0/s1. The lowest BCUT2D eigenvalue weighted by atomic mass is 10.4. The van der Waals surface area contributed by atoms with Crippen LogP contribution < -0.4 is 5.32 Å². The summed E-state index contributed by atoms with van der Waals surface area (Å²) in [7, 11) is -2.98. The molecule has 1 N–H and O–H groups in total. The number of hydrogen-bond acceptors (Lipinski definition) is 7. The Morgan fingerprint density at radius 2 is 2.17 bits per heavy atom. The fraction of sp³-hybridized carbons (Fsp3) is 0.462. The lowest BCUT2D eigenvalue weighted by molar-refractivity contribution is -0.144. The van der Waals surface area contributed by atoms with Crippen molar-refractivity contribution in [3.05, 3.63) is 22.3 Å². The molecule has 7 nitrogen and oxygen atoms in total. The van der Waals surface area contributed by atoms with Gasteiger partial charge in [-0.3, -0.25) is 9.59 Å². The number of nitrogens with one attached hydrogen (secondary N) is 1. The van der Waals surface area contributed by atoms with Crippen LogP contribution in [0.4, 0.5) is 5.82 Å². The summed E-state index contributed by atoms with van der Waals surface area (Å²) < 4.78 is 27.5. The Labute approximate surface area is 153 Å². The van der Waals surface area contributed by atoms with Gasteiger partial charge in [-0.25, -0.2) is 13.4 Å². The number of esters is 1. The zero-order chi connectivity index (χ0) is 17.7. The van der Waals surface area contributed by atoms with Crippen molar-refractivity contribution in [1.82, 2.24) is 4.98 Å². The van der Waals surface area contributed by atoms with Crippen LogP contribution in [0.3, 0.4) is 0 Å². The molecule has 11 heteroatoms. The smallest absolute Gasteiger partial charge is 0.316 e. The fourth-order valence-corrected chi connectivity index (χ4v) is 5.81. The Morgan fingerprint density at radius 1 is 1.42 bits per heavy atom. The molecule has 1 fully saturated rings. The molecule has 0 aromatic carbocycles. The summed E-state index contributed by atoms with van der Waals surface area (Å²) in [6.45, 7) is -0.483. The van der Waals surface area contributed by atoms with Crippen LogP contribution in [0.2, 0.25) is 10.0 Å². The first kappa shape index (κ1) is 19.3. The minimum absolute atomic E-state index is 0.00653. The van der Waals surface area contributed by atoms with E-state index in [1.54, 1.807) is 0 Å². The third-order valence-electron chi connectivity index (χ3n) is 3.06. The monoisotopic (exact) mass is 412 g/mol. The van der Waals surface area contributed by atoms with E-state index in [1.165, 1.54) is 24.0 Å². The van der Waals surface area contributed by atoms with E-state index in [0.29, 0.717) is 11.4 Å². The molecule has 1 aromatic heterocycles. The van der Waals surface area contributed by atoms with Gasteiger partial charge in [-0.15, -0.1) is 11.8 Å². The number of sulfone groups is 1. The van der Waals surface area contributed by atoms with E-state index in [4.69, 9.17) is 27.9 Å². The second kappa shape index (κ2) is 8.37. The Balaban J connectivity index is 1.70. The summed E-state index contributed by atoms with van der Waals surface area (Å²) in [5.41, 5.74) is 0. The molecule has 0 unspecified atom stereocenters. The highest BCUT2D eigenvalue weighted by Crippen LogP contribution is 2.24. The molecule has 1 aromatic rings. The van der Waals surface area contributed by atoms with Crippen LogP contribution in [0, 0.1) is 0 Å². The van der Waals surface area contributed by atoms with Gasteiger partial charge >= 0.3 is 5.97 Å². The number of pyridine rings is 1. The van der Waals surface area contributed by atoms with Crippen LogP contribution in [-0.2, 0) is 24.2 Å². The molecule has 0 aliphatic carbocycles. The highest BCUT2D eigenvalue weighted by atomic mass is 35.5. The highest BCUT2D eigenvalue weighted by Gasteiger charge is 2.28. The second-order valence-corrected chi connectivity index (χ2v) is 9.39. The van der Waals surface area contributed by atoms with Crippen LogP contribution in [0.5, 0.6) is 0 Å². The van der Waals surface area contributed by atoms with Gasteiger partial charge in [-0.2, -0.15) is 0 Å². The van der Waals surface area contributed by atoms with Crippen molar-refractivity contribution in [1.29, 1.82) is 0 Å². The number of aromatic nitrogens is 1. The van der Waals surface area contributed by atoms with Crippen LogP contribution in [0.1, 0.15) is 6.42 Å². The second-order valence-electron chi connectivity index (χ2n) is 5.03. The number of thioether (sulfide) groups is 1. The first-order chi connectivity index (χ1) is 11.2. The molecule has 1 atom stereocenters. The molecule has 2 rings (SSSR count). The summed E-state index contributed by atoms with van der Waals surface area (Å²) in [5, 5.41) is 2.79. The number of amides is 1. The quantitative estimate of drug-likeness (QED) is 0.710. The SMILES string of the molecule is O=C(COC(=O)CS[C@H]1CCS(=O)(=O)C1)Nc1ncc(Cl)cc1Cl. The number of nitrogens with zero attached hydrogens (tertiary/aromatic N) is 1. The summed E-state index contributed by atoms with van der Waals surface area (Å²) in [6, 6.07) is 1.42. The van der Waals surface area contributed by atoms with Gasteiger partial charge < -0.3 is 10.1 Å². The van der Waals surface area contributed by atoms with Crippen LogP contribution in [-0.4, -0.2) is 54.4 Å². The van der Waals surface area contributed by atoms with E-state index in [0.717, 1.165) is 0 Å². The van der Waals surface area contributed by atoms with Gasteiger partial charge in [0.2, 0.25) is 0 Å². The maximum Gasteiger partial charge on any atom is 0.316 e. The summed E-state index contributed by atoms with van der Waals surface area (Å²) in [6.07, 6.45) is 1.85. The molecule has 24 heavy (non-hydrogen) atoms. The molecule has 1 aliphatic heterocycles. The minimum Gasteiger partial charge on any atom is -0.455 e. The fourth-order valence-electron chi connectivity index (χ4n) is 1.94. The van der Waals surface area contributed by atoms with Crippen molar-refractivity contribution in [2.75, 3.05) is 29.2 Å². The van der Waals surface area contributed by atoms with Gasteiger partial charge in [-0.05, 0) is 12.5 Å². The lowest BCUT2D eigenvalue weighted by Crippen LogP contribution is -2.22. The number of carbonyl (C=O) groups is 2. The van der Waals surface area contributed by atoms with Crippen molar-refractivity contribution >= 4 is 62.5 Å². The van der Waals surface area contributed by atoms with Gasteiger partial charge in [0.1, 0.15) is 0 Å². The van der Waals surface area contributed by atoms with Gasteiger partial charge in [0.25, 0.3) is 5.91 Å². The summed E-state index contributed by atoms with van der Waals surface area (Å²) in [4.78, 5) is 27.1. The van der Waals surface area contributed by atoms with Crippen molar-refractivity contribution in [2.24, 2.45) is 0 Å². The molecule has 1 amide bonds. The van der Waals surface area contributed by atoms with E-state index >= 15 is 0 Å². The largest absolute Gasteiger partial charge is 0.455 e. The predicted octanol–water partition coefficient (Wildman–Crippen LogP) is 1.79. The summed E-state index contributed by atoms with van der Waals surface area (Å²) >= 11 is 12.8. The number of carbonyl (C=O) groups excluding carboxylic acids is 2.